The largest absolute Gasteiger partial charge is 0.352 e. The molecule has 0 saturated heterocycles. The number of nitrogens with zero attached hydrogens (tertiary/aromatic N) is 1. The molecule has 0 atom stereocenters. The Kier molecular flexibility index (Phi) is 4.02. The molecule has 0 bridgehead atoms. The van der Waals surface area contributed by atoms with Crippen LogP contribution < -0.4 is 5.32 Å². The maximum atomic E-state index is 13.3. The Labute approximate surface area is 105 Å². The summed E-state index contributed by atoms with van der Waals surface area (Å²) in [5.41, 5.74) is 1.32. The van der Waals surface area contributed by atoms with Gasteiger partial charge in [0.25, 0.3) is 0 Å². The lowest BCUT2D eigenvalue weighted by Crippen LogP contribution is -2.24. The van der Waals surface area contributed by atoms with E-state index in [0.29, 0.717) is 12.1 Å². The molecule has 0 fully saturated rings. The van der Waals surface area contributed by atoms with Gasteiger partial charge in [-0.15, -0.1) is 0 Å². The van der Waals surface area contributed by atoms with Gasteiger partial charge in [-0.2, -0.15) is 0 Å². The summed E-state index contributed by atoms with van der Waals surface area (Å²) >= 11 is 0. The van der Waals surface area contributed by atoms with Crippen molar-refractivity contribution in [2.75, 3.05) is 0 Å². The highest BCUT2D eigenvalue weighted by Gasteiger charge is 2.07. The number of nitrogens with one attached hydrogen (secondary N) is 1. The van der Waals surface area contributed by atoms with Crippen LogP contribution in [0.5, 0.6) is 0 Å². The molecule has 0 unspecified atom stereocenters. The topological polar surface area (TPSA) is 42.0 Å². The summed E-state index contributed by atoms with van der Waals surface area (Å²) in [5.74, 6) is -0.557. The second-order valence-corrected chi connectivity index (χ2v) is 3.91. The highest BCUT2D eigenvalue weighted by Crippen LogP contribution is 2.07. The number of halogens is 1. The van der Waals surface area contributed by atoms with Crippen molar-refractivity contribution < 1.29 is 9.18 Å². The second-order valence-electron chi connectivity index (χ2n) is 3.91. The first-order valence-electron chi connectivity index (χ1n) is 5.65. The standard InChI is InChI=1S/C14H13FN2O/c15-13-6-2-1-5-12(13)8-14(18)17-10-11-4-3-7-16-9-11/h1-7,9H,8,10H2,(H,17,18). The minimum atomic E-state index is -0.353. The van der Waals surface area contributed by atoms with Gasteiger partial charge in [0.05, 0.1) is 6.42 Å². The van der Waals surface area contributed by atoms with E-state index < -0.39 is 0 Å². The molecule has 3 nitrogen and oxygen atoms in total. The highest BCUT2D eigenvalue weighted by atomic mass is 19.1. The fourth-order valence-electron chi connectivity index (χ4n) is 1.58. The second kappa shape index (κ2) is 5.91. The lowest BCUT2D eigenvalue weighted by Gasteiger charge is -2.05. The summed E-state index contributed by atoms with van der Waals surface area (Å²) in [7, 11) is 0. The van der Waals surface area contributed by atoms with Gasteiger partial charge in [0.1, 0.15) is 5.82 Å². The first kappa shape index (κ1) is 12.2. The van der Waals surface area contributed by atoms with Gasteiger partial charge < -0.3 is 5.32 Å². The Bertz CT molecular complexity index is 528. The molecule has 1 aromatic carbocycles. The van der Waals surface area contributed by atoms with Gasteiger partial charge in [0.15, 0.2) is 0 Å². The summed E-state index contributed by atoms with van der Waals surface area (Å²) in [6, 6.07) is 9.95. The summed E-state index contributed by atoms with van der Waals surface area (Å²) in [6.07, 6.45) is 3.40. The maximum Gasteiger partial charge on any atom is 0.224 e. The van der Waals surface area contributed by atoms with Crippen LogP contribution >= 0.6 is 0 Å². The predicted octanol–water partition coefficient (Wildman–Crippen LogP) is 2.08. The molecule has 0 aliphatic rings. The quantitative estimate of drug-likeness (QED) is 0.894. The molecule has 1 amide bonds. The van der Waals surface area contributed by atoms with Gasteiger partial charge in [-0.1, -0.05) is 24.3 Å². The first-order chi connectivity index (χ1) is 8.75. The van der Waals surface area contributed by atoms with E-state index in [9.17, 15) is 9.18 Å². The number of hydrogen-bond donors (Lipinski definition) is 1. The summed E-state index contributed by atoms with van der Waals surface area (Å²) in [6.45, 7) is 0.404. The SMILES string of the molecule is O=C(Cc1ccccc1F)NCc1cccnc1. The molecule has 4 heteroatoms. The van der Waals surface area contributed by atoms with E-state index >= 15 is 0 Å². The van der Waals surface area contributed by atoms with Crippen LogP contribution in [-0.4, -0.2) is 10.9 Å². The average molecular weight is 244 g/mol. The molecule has 0 radical (unpaired) electrons. The lowest BCUT2D eigenvalue weighted by molar-refractivity contribution is -0.120. The maximum absolute atomic E-state index is 13.3. The number of benzene rings is 1. The normalized spacial score (nSPS) is 10.1. The van der Waals surface area contributed by atoms with E-state index in [-0.39, 0.29) is 18.1 Å². The number of aromatic nitrogens is 1. The zero-order chi connectivity index (χ0) is 12.8. The Morgan fingerprint density at radius 3 is 2.78 bits per heavy atom. The minimum Gasteiger partial charge on any atom is -0.352 e. The van der Waals surface area contributed by atoms with Crippen LogP contribution in [0.1, 0.15) is 11.1 Å². The molecule has 92 valence electrons. The van der Waals surface area contributed by atoms with Crippen molar-refractivity contribution in [3.05, 3.63) is 65.7 Å². The Balaban J connectivity index is 1.88. The minimum absolute atomic E-state index is 0.0485. The molecule has 1 heterocycles. The van der Waals surface area contributed by atoms with Gasteiger partial charge in [-0.05, 0) is 23.3 Å². The number of hydrogen-bond acceptors (Lipinski definition) is 2. The average Bonchev–Trinajstić information content (AvgIpc) is 2.40. The van der Waals surface area contributed by atoms with E-state index in [2.05, 4.69) is 10.3 Å². The summed E-state index contributed by atoms with van der Waals surface area (Å²) in [4.78, 5) is 15.6. The molecule has 18 heavy (non-hydrogen) atoms. The molecule has 0 aliphatic heterocycles. The van der Waals surface area contributed by atoms with Crippen molar-refractivity contribution in [1.82, 2.24) is 10.3 Å². The van der Waals surface area contributed by atoms with Crippen LogP contribution in [0, 0.1) is 5.82 Å². The third-order valence-electron chi connectivity index (χ3n) is 2.52. The Hall–Kier alpha value is -2.23. The van der Waals surface area contributed by atoms with E-state index in [1.54, 1.807) is 36.7 Å². The lowest BCUT2D eigenvalue weighted by atomic mass is 10.1. The van der Waals surface area contributed by atoms with Crippen molar-refractivity contribution in [3.8, 4) is 0 Å². The van der Waals surface area contributed by atoms with E-state index in [0.717, 1.165) is 5.56 Å². The third-order valence-corrected chi connectivity index (χ3v) is 2.52. The number of amides is 1. The van der Waals surface area contributed by atoms with Crippen molar-refractivity contribution in [2.45, 2.75) is 13.0 Å². The fourth-order valence-corrected chi connectivity index (χ4v) is 1.58. The molecule has 2 aromatic rings. The Morgan fingerprint density at radius 2 is 2.06 bits per heavy atom. The predicted molar refractivity (Wildman–Crippen MR) is 66.2 cm³/mol. The first-order valence-corrected chi connectivity index (χ1v) is 5.65. The van der Waals surface area contributed by atoms with E-state index in [1.165, 1.54) is 6.07 Å². The Morgan fingerprint density at radius 1 is 1.22 bits per heavy atom. The number of rotatable bonds is 4. The van der Waals surface area contributed by atoms with Crippen molar-refractivity contribution in [3.63, 3.8) is 0 Å². The van der Waals surface area contributed by atoms with Crippen LogP contribution in [0.2, 0.25) is 0 Å². The molecule has 2 rings (SSSR count). The van der Waals surface area contributed by atoms with Gasteiger partial charge in [0, 0.05) is 18.9 Å². The molecule has 1 N–H and O–H groups in total. The van der Waals surface area contributed by atoms with Crippen LogP contribution in [0.25, 0.3) is 0 Å². The third kappa shape index (κ3) is 3.38. The molecular weight excluding hydrogens is 231 g/mol. The monoisotopic (exact) mass is 244 g/mol. The van der Waals surface area contributed by atoms with Crippen molar-refractivity contribution in [1.29, 1.82) is 0 Å². The van der Waals surface area contributed by atoms with Gasteiger partial charge >= 0.3 is 0 Å². The smallest absolute Gasteiger partial charge is 0.224 e. The van der Waals surface area contributed by atoms with Gasteiger partial charge in [-0.3, -0.25) is 9.78 Å². The van der Waals surface area contributed by atoms with Crippen LogP contribution in [0.4, 0.5) is 4.39 Å². The van der Waals surface area contributed by atoms with Gasteiger partial charge in [-0.25, -0.2) is 4.39 Å². The summed E-state index contributed by atoms with van der Waals surface area (Å²) < 4.78 is 13.3. The molecule has 0 spiro atoms. The molecule has 1 aromatic heterocycles. The molecule has 0 saturated carbocycles. The van der Waals surface area contributed by atoms with Crippen LogP contribution in [0.15, 0.2) is 48.8 Å². The molecular formula is C14H13FN2O. The zero-order valence-electron chi connectivity index (χ0n) is 9.77. The van der Waals surface area contributed by atoms with Crippen LogP contribution in [-0.2, 0) is 17.8 Å². The fraction of sp³-hybridized carbons (Fsp3) is 0.143. The number of carbonyl (C=O) groups is 1. The summed E-state index contributed by atoms with van der Waals surface area (Å²) in [5, 5.41) is 2.73. The number of carbonyl (C=O) groups excluding carboxylic acids is 1. The number of pyridine rings is 1. The van der Waals surface area contributed by atoms with Crippen molar-refractivity contribution in [2.24, 2.45) is 0 Å². The molecule has 0 aliphatic carbocycles. The van der Waals surface area contributed by atoms with Crippen LogP contribution in [0.3, 0.4) is 0 Å². The van der Waals surface area contributed by atoms with E-state index in [4.69, 9.17) is 0 Å². The van der Waals surface area contributed by atoms with E-state index in [1.807, 2.05) is 6.07 Å². The highest BCUT2D eigenvalue weighted by molar-refractivity contribution is 5.78. The van der Waals surface area contributed by atoms with Gasteiger partial charge in [0.2, 0.25) is 5.91 Å². The van der Waals surface area contributed by atoms with Crippen molar-refractivity contribution >= 4 is 5.91 Å². The zero-order valence-corrected chi connectivity index (χ0v) is 9.77.